The summed E-state index contributed by atoms with van der Waals surface area (Å²) >= 11 is 1.72. The number of rotatable bonds is 0. The first-order valence-electron chi connectivity index (χ1n) is 3.97. The number of hydrogen-bond acceptors (Lipinski definition) is 3. The summed E-state index contributed by atoms with van der Waals surface area (Å²) in [5.41, 5.74) is 0. The highest BCUT2D eigenvalue weighted by Crippen LogP contribution is 2.48. The molecule has 3 heteroatoms. The molecule has 0 fully saturated rings. The highest BCUT2D eigenvalue weighted by atomic mass is 32.1. The molecule has 0 bridgehead atoms. The summed E-state index contributed by atoms with van der Waals surface area (Å²) in [6, 6.07) is 0. The van der Waals surface area contributed by atoms with E-state index in [2.05, 4.69) is 13.8 Å². The standard InChI is InChI=1S/C9H12O2S/c1-5-7-8(6(2)12-5)11-9(3,4)10-7/h1-4H3. The number of aryl methyl sites for hydroxylation is 2. The summed E-state index contributed by atoms with van der Waals surface area (Å²) in [6.07, 6.45) is 0. The quantitative estimate of drug-likeness (QED) is 0.617. The van der Waals surface area contributed by atoms with Crippen LogP contribution in [0.25, 0.3) is 0 Å². The first kappa shape index (κ1) is 7.92. The number of hydrogen-bond donors (Lipinski definition) is 0. The Labute approximate surface area is 76.1 Å². The molecule has 0 amide bonds. The van der Waals surface area contributed by atoms with E-state index in [0.717, 1.165) is 11.5 Å². The molecule has 1 aliphatic heterocycles. The molecule has 0 radical (unpaired) electrons. The van der Waals surface area contributed by atoms with E-state index in [-0.39, 0.29) is 0 Å². The maximum absolute atomic E-state index is 5.63. The van der Waals surface area contributed by atoms with Gasteiger partial charge in [-0.05, 0) is 13.8 Å². The molecule has 12 heavy (non-hydrogen) atoms. The Morgan fingerprint density at radius 2 is 1.42 bits per heavy atom. The van der Waals surface area contributed by atoms with Gasteiger partial charge in [-0.3, -0.25) is 0 Å². The molecule has 0 N–H and O–H groups in total. The van der Waals surface area contributed by atoms with E-state index >= 15 is 0 Å². The van der Waals surface area contributed by atoms with Gasteiger partial charge in [0.2, 0.25) is 5.79 Å². The Balaban J connectivity index is 2.49. The summed E-state index contributed by atoms with van der Waals surface area (Å²) in [6.45, 7) is 7.97. The maximum atomic E-state index is 5.63. The Kier molecular flexibility index (Phi) is 1.43. The van der Waals surface area contributed by atoms with Gasteiger partial charge in [-0.15, -0.1) is 11.3 Å². The molecular formula is C9H12O2S. The summed E-state index contributed by atoms with van der Waals surface area (Å²) in [5, 5.41) is 0. The molecule has 1 aliphatic rings. The fraction of sp³-hybridized carbons (Fsp3) is 0.556. The van der Waals surface area contributed by atoms with Crippen molar-refractivity contribution in [2.24, 2.45) is 0 Å². The third-order valence-electron chi connectivity index (χ3n) is 1.85. The van der Waals surface area contributed by atoms with Crippen molar-refractivity contribution in [3.8, 4) is 11.5 Å². The first-order valence-corrected chi connectivity index (χ1v) is 4.79. The van der Waals surface area contributed by atoms with Crippen molar-refractivity contribution in [3.63, 3.8) is 0 Å². The average molecular weight is 184 g/mol. The minimum atomic E-state index is -0.478. The van der Waals surface area contributed by atoms with E-state index in [0.29, 0.717) is 0 Å². The number of thiophene rings is 1. The van der Waals surface area contributed by atoms with Gasteiger partial charge in [-0.2, -0.15) is 0 Å². The van der Waals surface area contributed by atoms with Gasteiger partial charge in [-0.25, -0.2) is 0 Å². The fourth-order valence-electron chi connectivity index (χ4n) is 1.39. The van der Waals surface area contributed by atoms with Crippen LogP contribution in [0.2, 0.25) is 0 Å². The zero-order chi connectivity index (χ0) is 8.93. The van der Waals surface area contributed by atoms with Crippen molar-refractivity contribution in [3.05, 3.63) is 9.75 Å². The smallest absolute Gasteiger partial charge is 0.246 e. The van der Waals surface area contributed by atoms with Gasteiger partial charge in [0.25, 0.3) is 0 Å². The molecular weight excluding hydrogens is 172 g/mol. The molecule has 0 spiro atoms. The molecule has 0 unspecified atom stereocenters. The minimum absolute atomic E-state index is 0.478. The lowest BCUT2D eigenvalue weighted by Gasteiger charge is -2.17. The van der Waals surface area contributed by atoms with Crippen LogP contribution >= 0.6 is 11.3 Å². The van der Waals surface area contributed by atoms with Gasteiger partial charge in [0, 0.05) is 23.6 Å². The molecule has 1 aromatic rings. The van der Waals surface area contributed by atoms with Gasteiger partial charge in [0.1, 0.15) is 0 Å². The second-order valence-corrected chi connectivity index (χ2v) is 4.91. The highest BCUT2D eigenvalue weighted by Gasteiger charge is 2.35. The number of ether oxygens (including phenoxy) is 2. The number of fused-ring (bicyclic) bond motifs is 1. The van der Waals surface area contributed by atoms with Crippen LogP contribution in [0.15, 0.2) is 0 Å². The van der Waals surface area contributed by atoms with Crippen LogP contribution in [0, 0.1) is 13.8 Å². The Morgan fingerprint density at radius 3 is 1.83 bits per heavy atom. The third-order valence-corrected chi connectivity index (χ3v) is 2.83. The maximum Gasteiger partial charge on any atom is 0.246 e. The summed E-state index contributed by atoms with van der Waals surface area (Å²) in [4.78, 5) is 2.40. The molecule has 1 aromatic heterocycles. The van der Waals surface area contributed by atoms with Gasteiger partial charge >= 0.3 is 0 Å². The van der Waals surface area contributed by atoms with Gasteiger partial charge in [0.15, 0.2) is 11.5 Å². The first-order chi connectivity index (χ1) is 5.49. The SMILES string of the molecule is Cc1sc(C)c2c1OC(C)(C)O2. The van der Waals surface area contributed by atoms with Crippen molar-refractivity contribution in [1.29, 1.82) is 0 Å². The Bertz CT molecular complexity index is 297. The van der Waals surface area contributed by atoms with Crippen molar-refractivity contribution in [1.82, 2.24) is 0 Å². The molecule has 66 valence electrons. The van der Waals surface area contributed by atoms with E-state index < -0.39 is 5.79 Å². The van der Waals surface area contributed by atoms with Gasteiger partial charge < -0.3 is 9.47 Å². The van der Waals surface area contributed by atoms with Crippen molar-refractivity contribution in [2.75, 3.05) is 0 Å². The molecule has 0 saturated heterocycles. The summed E-state index contributed by atoms with van der Waals surface area (Å²) in [7, 11) is 0. The second-order valence-electron chi connectivity index (χ2n) is 3.48. The van der Waals surface area contributed by atoms with Crippen LogP contribution in [0.5, 0.6) is 11.5 Å². The van der Waals surface area contributed by atoms with E-state index in [9.17, 15) is 0 Å². The van der Waals surface area contributed by atoms with Crippen LogP contribution in [0.4, 0.5) is 0 Å². The van der Waals surface area contributed by atoms with Crippen molar-refractivity contribution >= 4 is 11.3 Å². The predicted molar refractivity (Wildman–Crippen MR) is 49.1 cm³/mol. The zero-order valence-corrected chi connectivity index (χ0v) is 8.54. The predicted octanol–water partition coefficient (Wildman–Crippen LogP) is 2.87. The Hall–Kier alpha value is -0.700. The summed E-state index contributed by atoms with van der Waals surface area (Å²) < 4.78 is 11.3. The largest absolute Gasteiger partial charge is 0.448 e. The lowest BCUT2D eigenvalue weighted by atomic mass is 10.4. The van der Waals surface area contributed by atoms with Crippen LogP contribution in [-0.2, 0) is 0 Å². The van der Waals surface area contributed by atoms with E-state index in [1.165, 1.54) is 9.75 Å². The third kappa shape index (κ3) is 1.00. The minimum Gasteiger partial charge on any atom is -0.448 e. The molecule has 0 atom stereocenters. The van der Waals surface area contributed by atoms with Crippen LogP contribution in [0.1, 0.15) is 23.6 Å². The second kappa shape index (κ2) is 2.16. The van der Waals surface area contributed by atoms with Crippen LogP contribution in [0.3, 0.4) is 0 Å². The monoisotopic (exact) mass is 184 g/mol. The fourth-order valence-corrected chi connectivity index (χ4v) is 2.30. The van der Waals surface area contributed by atoms with Crippen molar-refractivity contribution in [2.45, 2.75) is 33.5 Å². The normalized spacial score (nSPS) is 18.3. The highest BCUT2D eigenvalue weighted by molar-refractivity contribution is 7.12. The molecule has 0 aliphatic carbocycles. The van der Waals surface area contributed by atoms with Crippen LogP contribution in [-0.4, -0.2) is 5.79 Å². The molecule has 2 nitrogen and oxygen atoms in total. The summed E-state index contributed by atoms with van der Waals surface area (Å²) in [5.74, 6) is 1.39. The van der Waals surface area contributed by atoms with Crippen molar-refractivity contribution < 1.29 is 9.47 Å². The molecule has 0 aromatic carbocycles. The van der Waals surface area contributed by atoms with Gasteiger partial charge in [0.05, 0.1) is 0 Å². The molecule has 2 heterocycles. The van der Waals surface area contributed by atoms with E-state index in [1.807, 2.05) is 13.8 Å². The lowest BCUT2D eigenvalue weighted by Crippen LogP contribution is -2.30. The van der Waals surface area contributed by atoms with E-state index in [1.54, 1.807) is 11.3 Å². The Morgan fingerprint density at radius 1 is 1.00 bits per heavy atom. The molecule has 2 rings (SSSR count). The van der Waals surface area contributed by atoms with Crippen LogP contribution < -0.4 is 9.47 Å². The zero-order valence-electron chi connectivity index (χ0n) is 7.72. The van der Waals surface area contributed by atoms with Gasteiger partial charge in [-0.1, -0.05) is 0 Å². The average Bonchev–Trinajstić information content (AvgIpc) is 2.34. The van der Waals surface area contributed by atoms with E-state index in [4.69, 9.17) is 9.47 Å². The topological polar surface area (TPSA) is 18.5 Å². The molecule has 0 saturated carbocycles. The lowest BCUT2D eigenvalue weighted by molar-refractivity contribution is -0.0437.